The van der Waals surface area contributed by atoms with Crippen LogP contribution in [0.25, 0.3) is 0 Å². The van der Waals surface area contributed by atoms with E-state index in [0.717, 1.165) is 17.3 Å². The van der Waals surface area contributed by atoms with Crippen LogP contribution in [-0.4, -0.2) is 16.7 Å². The number of nitriles is 1. The van der Waals surface area contributed by atoms with E-state index in [1.54, 1.807) is 18.2 Å². The summed E-state index contributed by atoms with van der Waals surface area (Å²) >= 11 is 3.22. The van der Waals surface area contributed by atoms with Crippen molar-refractivity contribution < 1.29 is 9.59 Å². The molecule has 1 amide bonds. The van der Waals surface area contributed by atoms with Gasteiger partial charge in [-0.3, -0.25) is 9.59 Å². The highest BCUT2D eigenvalue weighted by molar-refractivity contribution is 9.10. The predicted octanol–water partition coefficient (Wildman–Crippen LogP) is 1.90. The Bertz CT molecular complexity index is 517. The predicted molar refractivity (Wildman–Crippen MR) is 67.4 cm³/mol. The van der Waals surface area contributed by atoms with Gasteiger partial charge in [-0.2, -0.15) is 5.26 Å². The van der Waals surface area contributed by atoms with E-state index in [1.165, 1.54) is 6.20 Å². The molecule has 1 aromatic heterocycles. The van der Waals surface area contributed by atoms with E-state index < -0.39 is 11.8 Å². The molecule has 1 heterocycles. The maximum absolute atomic E-state index is 11.8. The number of nitrogens with one attached hydrogen (secondary N) is 1. The molecule has 0 bridgehead atoms. The van der Waals surface area contributed by atoms with Crippen LogP contribution in [0.1, 0.15) is 12.8 Å². The van der Waals surface area contributed by atoms with Gasteiger partial charge in [0.2, 0.25) is 0 Å². The van der Waals surface area contributed by atoms with Crippen LogP contribution in [0.2, 0.25) is 0 Å². The molecule has 18 heavy (non-hydrogen) atoms. The number of carbonyl (C=O) groups is 2. The minimum absolute atomic E-state index is 0.113. The molecule has 0 spiro atoms. The first kappa shape index (κ1) is 12.7. The Balaban J connectivity index is 2.03. The van der Waals surface area contributed by atoms with Crippen LogP contribution in [-0.2, 0) is 9.59 Å². The van der Waals surface area contributed by atoms with Gasteiger partial charge in [0.05, 0.1) is 6.07 Å². The summed E-state index contributed by atoms with van der Waals surface area (Å²) in [4.78, 5) is 27.5. The van der Waals surface area contributed by atoms with E-state index >= 15 is 0 Å². The van der Waals surface area contributed by atoms with Gasteiger partial charge in [0, 0.05) is 16.6 Å². The standard InChI is InChI=1S/C12H10BrN3O2/c13-8-3-4-10(15-6-8)16-12(18)9(5-14)11(17)7-1-2-7/h3-4,6-7,9H,1-2H2,(H,15,16,18). The van der Waals surface area contributed by atoms with Crippen molar-refractivity contribution >= 4 is 33.4 Å². The molecule has 1 unspecified atom stereocenters. The summed E-state index contributed by atoms with van der Waals surface area (Å²) in [6.45, 7) is 0. The molecule has 0 aromatic carbocycles. The SMILES string of the molecule is N#CC(C(=O)Nc1ccc(Br)cn1)C(=O)C1CC1. The van der Waals surface area contributed by atoms with Crippen molar-refractivity contribution in [3.8, 4) is 6.07 Å². The smallest absolute Gasteiger partial charge is 0.250 e. The van der Waals surface area contributed by atoms with Crippen LogP contribution < -0.4 is 5.32 Å². The molecule has 1 N–H and O–H groups in total. The Hall–Kier alpha value is -1.74. The van der Waals surface area contributed by atoms with Gasteiger partial charge in [-0.1, -0.05) is 0 Å². The van der Waals surface area contributed by atoms with Crippen molar-refractivity contribution in [1.82, 2.24) is 4.98 Å². The second-order valence-electron chi connectivity index (χ2n) is 4.09. The highest BCUT2D eigenvalue weighted by Crippen LogP contribution is 2.32. The number of amides is 1. The van der Waals surface area contributed by atoms with Crippen molar-refractivity contribution in [3.05, 3.63) is 22.8 Å². The zero-order chi connectivity index (χ0) is 13.1. The summed E-state index contributed by atoms with van der Waals surface area (Å²) in [6.07, 6.45) is 3.08. The Kier molecular flexibility index (Phi) is 3.72. The van der Waals surface area contributed by atoms with Gasteiger partial charge < -0.3 is 5.32 Å². The zero-order valence-electron chi connectivity index (χ0n) is 9.39. The van der Waals surface area contributed by atoms with Crippen molar-refractivity contribution in [2.24, 2.45) is 11.8 Å². The number of rotatable bonds is 4. The topological polar surface area (TPSA) is 82.8 Å². The molecule has 1 atom stereocenters. The molecule has 1 fully saturated rings. The molecule has 0 radical (unpaired) electrons. The molecular formula is C12H10BrN3O2. The third-order valence-electron chi connectivity index (χ3n) is 2.63. The fraction of sp³-hybridized carbons (Fsp3) is 0.333. The van der Waals surface area contributed by atoms with Gasteiger partial charge in [-0.25, -0.2) is 4.98 Å². The molecule has 2 rings (SSSR count). The van der Waals surface area contributed by atoms with Gasteiger partial charge >= 0.3 is 0 Å². The fourth-order valence-corrected chi connectivity index (χ4v) is 1.74. The van der Waals surface area contributed by atoms with Crippen LogP contribution in [0.15, 0.2) is 22.8 Å². The molecule has 1 aliphatic rings. The molecule has 0 aliphatic heterocycles. The van der Waals surface area contributed by atoms with E-state index in [2.05, 4.69) is 26.2 Å². The van der Waals surface area contributed by atoms with Crippen LogP contribution in [0.3, 0.4) is 0 Å². The molecule has 0 saturated heterocycles. The summed E-state index contributed by atoms with van der Waals surface area (Å²) in [5, 5.41) is 11.4. The molecule has 92 valence electrons. The fourth-order valence-electron chi connectivity index (χ4n) is 1.50. The third kappa shape index (κ3) is 2.93. The first-order valence-electron chi connectivity index (χ1n) is 5.47. The normalized spacial score (nSPS) is 15.6. The second kappa shape index (κ2) is 5.27. The lowest BCUT2D eigenvalue weighted by atomic mass is 10.0. The summed E-state index contributed by atoms with van der Waals surface area (Å²) in [5.41, 5.74) is 0. The van der Waals surface area contributed by atoms with Crippen LogP contribution >= 0.6 is 15.9 Å². The number of hydrogen-bond donors (Lipinski definition) is 1. The Morgan fingerprint density at radius 3 is 2.72 bits per heavy atom. The van der Waals surface area contributed by atoms with E-state index in [9.17, 15) is 9.59 Å². The van der Waals surface area contributed by atoms with Crippen molar-refractivity contribution in [3.63, 3.8) is 0 Å². The minimum Gasteiger partial charge on any atom is -0.309 e. The lowest BCUT2D eigenvalue weighted by Gasteiger charge is -2.08. The van der Waals surface area contributed by atoms with E-state index in [4.69, 9.17) is 5.26 Å². The number of carbonyl (C=O) groups excluding carboxylic acids is 2. The first-order chi connectivity index (χ1) is 8.61. The number of hydrogen-bond acceptors (Lipinski definition) is 4. The van der Waals surface area contributed by atoms with Gasteiger partial charge in [0.25, 0.3) is 5.91 Å². The largest absolute Gasteiger partial charge is 0.309 e. The number of anilines is 1. The maximum atomic E-state index is 11.8. The summed E-state index contributed by atoms with van der Waals surface area (Å²) < 4.78 is 0.784. The van der Waals surface area contributed by atoms with Gasteiger partial charge in [0.1, 0.15) is 5.82 Å². The van der Waals surface area contributed by atoms with Gasteiger partial charge in [-0.05, 0) is 40.9 Å². The Morgan fingerprint density at radius 1 is 1.50 bits per heavy atom. The summed E-state index contributed by atoms with van der Waals surface area (Å²) in [6, 6.07) is 5.07. The Morgan fingerprint density at radius 2 is 2.22 bits per heavy atom. The van der Waals surface area contributed by atoms with Gasteiger partial charge in [0.15, 0.2) is 11.7 Å². The minimum atomic E-state index is -1.23. The number of nitrogens with zero attached hydrogens (tertiary/aromatic N) is 2. The zero-order valence-corrected chi connectivity index (χ0v) is 11.0. The van der Waals surface area contributed by atoms with Crippen molar-refractivity contribution in [2.75, 3.05) is 5.32 Å². The van der Waals surface area contributed by atoms with Crippen molar-refractivity contribution in [1.29, 1.82) is 5.26 Å². The van der Waals surface area contributed by atoms with Crippen LogP contribution in [0.4, 0.5) is 5.82 Å². The molecule has 1 aliphatic carbocycles. The highest BCUT2D eigenvalue weighted by Gasteiger charge is 2.38. The molecule has 1 saturated carbocycles. The molecule has 5 nitrogen and oxygen atoms in total. The second-order valence-corrected chi connectivity index (χ2v) is 5.01. The summed E-state index contributed by atoms with van der Waals surface area (Å²) in [5.74, 6) is -1.91. The first-order valence-corrected chi connectivity index (χ1v) is 6.27. The summed E-state index contributed by atoms with van der Waals surface area (Å²) in [7, 11) is 0. The van der Waals surface area contributed by atoms with E-state index in [0.29, 0.717) is 5.82 Å². The lowest BCUT2D eigenvalue weighted by molar-refractivity contribution is -0.129. The molecular weight excluding hydrogens is 298 g/mol. The quantitative estimate of drug-likeness (QED) is 0.861. The van der Waals surface area contributed by atoms with Crippen molar-refractivity contribution in [2.45, 2.75) is 12.8 Å². The average Bonchev–Trinajstić information content (AvgIpc) is 3.17. The lowest BCUT2D eigenvalue weighted by Crippen LogP contribution is -2.29. The third-order valence-corrected chi connectivity index (χ3v) is 3.10. The number of ketones is 1. The van der Waals surface area contributed by atoms with Crippen LogP contribution in [0, 0.1) is 23.2 Å². The Labute approximate surface area is 112 Å². The number of halogens is 1. The maximum Gasteiger partial charge on any atom is 0.250 e. The number of Topliss-reactive ketones (excluding diaryl/α,β-unsaturated/α-hetero) is 1. The highest BCUT2D eigenvalue weighted by atomic mass is 79.9. The van der Waals surface area contributed by atoms with E-state index in [1.807, 2.05) is 0 Å². The van der Waals surface area contributed by atoms with E-state index in [-0.39, 0.29) is 11.7 Å². The average molecular weight is 308 g/mol. The van der Waals surface area contributed by atoms with Gasteiger partial charge in [-0.15, -0.1) is 0 Å². The number of pyridine rings is 1. The number of aromatic nitrogens is 1. The monoisotopic (exact) mass is 307 g/mol. The van der Waals surface area contributed by atoms with Crippen LogP contribution in [0.5, 0.6) is 0 Å². The molecule has 6 heteroatoms. The molecule has 1 aromatic rings.